The van der Waals surface area contributed by atoms with Gasteiger partial charge in [-0.2, -0.15) is 0 Å². The highest BCUT2D eigenvalue weighted by Crippen LogP contribution is 2.34. The van der Waals surface area contributed by atoms with E-state index >= 15 is 0 Å². The lowest BCUT2D eigenvalue weighted by atomic mass is 9.93. The van der Waals surface area contributed by atoms with Crippen LogP contribution in [0.15, 0.2) is 73.1 Å². The summed E-state index contributed by atoms with van der Waals surface area (Å²) in [6.45, 7) is 13.9. The molecule has 2 unspecified atom stereocenters. The molecule has 6 rings (SSSR count). The number of aromatic nitrogens is 2. The third-order valence-electron chi connectivity index (χ3n) is 10.1. The number of nitrogens with zero attached hydrogens (tertiary/aromatic N) is 2. The van der Waals surface area contributed by atoms with Crippen LogP contribution in [0.4, 0.5) is 29.7 Å². The van der Waals surface area contributed by atoms with Gasteiger partial charge in [-0.05, 0) is 139 Å². The smallest absolute Gasteiger partial charge is 0.408 e. The van der Waals surface area contributed by atoms with E-state index in [1.165, 1.54) is 36.4 Å². The average Bonchev–Trinajstić information content (AvgIpc) is 3.18. The lowest BCUT2D eigenvalue weighted by Gasteiger charge is -2.26. The second-order valence-electron chi connectivity index (χ2n) is 17.7. The number of aliphatic hydroxyl groups excluding tert-OH is 2. The molecule has 2 aliphatic heterocycles. The number of carbonyl (C=O) groups is 4. The predicted molar refractivity (Wildman–Crippen MR) is 230 cm³/mol. The molecule has 6 atom stereocenters. The molecule has 0 fully saturated rings. The highest BCUT2D eigenvalue weighted by molar-refractivity contribution is 5.97. The quantitative estimate of drug-likeness (QED) is 0.114. The fourth-order valence-electron chi connectivity index (χ4n) is 6.94. The standard InChI is InChI=1S/2C23H28FN3O4/c1-13-9-16(28)12-20(27-22(30)31-23(2,3)4)19-10-14(7-8-25-19)17-11-15(24)5-6-18(17)26-21(13)29;1-13-20(28)8-7-18(27-22(30)31-23(2,3)4)19-11-14(9-10-25-19)16-12-15(24)5-6-17(16)26-21(13)29/h5-8,10-11,13,16,20,28H,9,12H2,1-4H3,(H,26,29)(H,27,30);5-6,9-13,18,20,28H,7-8H2,1-4H3,(H,26,29)(H,27,30)/t13-,16?,20+;13-,18+,20?/m11/s1. The predicted octanol–water partition coefficient (Wildman–Crippen LogP) is 8.37. The van der Waals surface area contributed by atoms with Crippen molar-refractivity contribution in [3.8, 4) is 22.3 Å². The van der Waals surface area contributed by atoms with Gasteiger partial charge in [0.25, 0.3) is 0 Å². The first-order chi connectivity index (χ1) is 29.0. The zero-order chi connectivity index (χ0) is 45.5. The number of nitrogens with one attached hydrogen (secondary N) is 4. The normalized spacial score (nSPS) is 21.7. The second-order valence-corrected chi connectivity index (χ2v) is 17.7. The van der Waals surface area contributed by atoms with E-state index in [0.717, 1.165) is 0 Å². The Morgan fingerprint density at radius 2 is 1.15 bits per heavy atom. The fraction of sp³-hybridized carbons (Fsp3) is 0.435. The number of halogens is 2. The molecule has 4 aromatic rings. The Hall–Kier alpha value is -6.00. The number of ether oxygens (including phenoxy) is 2. The number of amides is 4. The minimum Gasteiger partial charge on any atom is -0.444 e. The van der Waals surface area contributed by atoms with E-state index < -0.39 is 71.2 Å². The number of hydrogen-bond donors (Lipinski definition) is 6. The van der Waals surface area contributed by atoms with E-state index in [1.54, 1.807) is 92.0 Å². The summed E-state index contributed by atoms with van der Waals surface area (Å²) in [6, 6.07) is 13.9. The third-order valence-corrected chi connectivity index (χ3v) is 10.1. The third kappa shape index (κ3) is 13.2. The Morgan fingerprint density at radius 3 is 1.65 bits per heavy atom. The number of pyridine rings is 2. The van der Waals surface area contributed by atoms with Gasteiger partial charge in [0.15, 0.2) is 0 Å². The van der Waals surface area contributed by atoms with Crippen LogP contribution in [-0.4, -0.2) is 67.6 Å². The van der Waals surface area contributed by atoms with Crippen LogP contribution in [0.25, 0.3) is 22.3 Å². The molecule has 0 saturated carbocycles. The molecule has 332 valence electrons. The van der Waals surface area contributed by atoms with Crippen molar-refractivity contribution < 1.29 is 47.6 Å². The molecule has 16 heteroatoms. The van der Waals surface area contributed by atoms with Crippen molar-refractivity contribution in [2.24, 2.45) is 11.8 Å². The van der Waals surface area contributed by atoms with Crippen LogP contribution in [0.5, 0.6) is 0 Å². The molecular formula is C46H56F2N6O8. The maximum atomic E-state index is 14.0. The van der Waals surface area contributed by atoms with Gasteiger partial charge >= 0.3 is 12.2 Å². The molecule has 2 aromatic heterocycles. The monoisotopic (exact) mass is 858 g/mol. The molecule has 0 spiro atoms. The van der Waals surface area contributed by atoms with E-state index in [0.29, 0.717) is 51.4 Å². The van der Waals surface area contributed by atoms with E-state index in [-0.39, 0.29) is 31.1 Å². The first kappa shape index (κ1) is 47.1. The first-order valence-corrected chi connectivity index (χ1v) is 20.5. The van der Waals surface area contributed by atoms with Gasteiger partial charge in [-0.15, -0.1) is 0 Å². The van der Waals surface area contributed by atoms with Crippen molar-refractivity contribution >= 4 is 35.4 Å². The lowest BCUT2D eigenvalue weighted by Crippen LogP contribution is -2.37. The van der Waals surface area contributed by atoms with Crippen molar-refractivity contribution in [1.29, 1.82) is 0 Å². The van der Waals surface area contributed by atoms with Crippen LogP contribution >= 0.6 is 0 Å². The van der Waals surface area contributed by atoms with Crippen molar-refractivity contribution in [2.45, 2.75) is 117 Å². The van der Waals surface area contributed by atoms with Crippen LogP contribution in [0, 0.1) is 23.5 Å². The van der Waals surface area contributed by atoms with Gasteiger partial charge in [0.05, 0.1) is 41.6 Å². The van der Waals surface area contributed by atoms with Crippen molar-refractivity contribution in [2.75, 3.05) is 10.6 Å². The van der Waals surface area contributed by atoms with E-state index in [4.69, 9.17) is 9.47 Å². The summed E-state index contributed by atoms with van der Waals surface area (Å²) in [5.74, 6) is -2.74. The summed E-state index contributed by atoms with van der Waals surface area (Å²) in [7, 11) is 0. The molecule has 6 N–H and O–H groups in total. The zero-order valence-corrected chi connectivity index (χ0v) is 36.2. The Morgan fingerprint density at radius 1 is 0.677 bits per heavy atom. The van der Waals surface area contributed by atoms with Gasteiger partial charge in [0.2, 0.25) is 11.8 Å². The molecule has 14 nitrogen and oxygen atoms in total. The molecular weight excluding hydrogens is 803 g/mol. The first-order valence-electron chi connectivity index (χ1n) is 20.5. The lowest BCUT2D eigenvalue weighted by molar-refractivity contribution is -0.123. The Kier molecular flexibility index (Phi) is 15.0. The summed E-state index contributed by atoms with van der Waals surface area (Å²) in [6.07, 6.45) is 0.999. The number of carbonyl (C=O) groups excluding carboxylic acids is 4. The highest BCUT2D eigenvalue weighted by atomic mass is 19.1. The molecule has 2 aromatic carbocycles. The van der Waals surface area contributed by atoms with Gasteiger partial charge in [-0.25, -0.2) is 18.4 Å². The Balaban J connectivity index is 0.000000234. The van der Waals surface area contributed by atoms with E-state index in [9.17, 15) is 38.2 Å². The van der Waals surface area contributed by atoms with Crippen LogP contribution in [-0.2, 0) is 19.1 Å². The van der Waals surface area contributed by atoms with Crippen molar-refractivity contribution in [3.63, 3.8) is 0 Å². The topological polar surface area (TPSA) is 201 Å². The van der Waals surface area contributed by atoms with E-state index in [1.807, 2.05) is 0 Å². The number of fused-ring (bicyclic) bond motifs is 8. The van der Waals surface area contributed by atoms with Crippen molar-refractivity contribution in [3.05, 3.63) is 96.1 Å². The maximum absolute atomic E-state index is 14.0. The van der Waals surface area contributed by atoms with Crippen molar-refractivity contribution in [1.82, 2.24) is 20.6 Å². The number of rotatable bonds is 2. The Labute approximate surface area is 360 Å². The molecule has 4 heterocycles. The largest absolute Gasteiger partial charge is 0.444 e. The summed E-state index contributed by atoms with van der Waals surface area (Å²) >= 11 is 0. The fourth-order valence-corrected chi connectivity index (χ4v) is 6.94. The summed E-state index contributed by atoms with van der Waals surface area (Å²) in [4.78, 5) is 58.9. The molecule has 62 heavy (non-hydrogen) atoms. The zero-order valence-electron chi connectivity index (χ0n) is 36.2. The van der Waals surface area contributed by atoms with Gasteiger partial charge in [0.1, 0.15) is 22.8 Å². The summed E-state index contributed by atoms with van der Waals surface area (Å²) < 4.78 is 38.8. The molecule has 4 amide bonds. The number of benzene rings is 2. The van der Waals surface area contributed by atoms with Crippen LogP contribution < -0.4 is 21.3 Å². The number of alkyl carbamates (subject to hydrolysis) is 2. The number of aliphatic hydroxyl groups is 2. The van der Waals surface area contributed by atoms with E-state index in [2.05, 4.69) is 31.2 Å². The molecule has 0 aliphatic carbocycles. The van der Waals surface area contributed by atoms with Gasteiger partial charge < -0.3 is 41.0 Å². The molecule has 4 bridgehead atoms. The molecule has 0 saturated heterocycles. The summed E-state index contributed by atoms with van der Waals surface area (Å²) in [5.41, 5.74) is 2.82. The summed E-state index contributed by atoms with van der Waals surface area (Å²) in [5, 5.41) is 32.4. The Bertz CT molecular complexity index is 2260. The van der Waals surface area contributed by atoms with Gasteiger partial charge in [-0.3, -0.25) is 19.6 Å². The van der Waals surface area contributed by atoms with Crippen LogP contribution in [0.2, 0.25) is 0 Å². The number of anilines is 2. The molecule has 2 aliphatic rings. The average molecular weight is 859 g/mol. The molecule has 0 radical (unpaired) electrons. The minimum atomic E-state index is -0.936. The SMILES string of the molecule is C[C@@H]1CC(O)C[C@H](NC(=O)OC(C)(C)C)c2cc(ccn2)-c2cc(F)ccc2NC1=O.C[C@H]1C(=O)Nc2ccc(F)cc2-c2ccnc(c2)[C@@H](NC(=O)OC(C)(C)C)CCC1O. The highest BCUT2D eigenvalue weighted by Gasteiger charge is 2.30. The minimum absolute atomic E-state index is 0.142. The van der Waals surface area contributed by atoms with Gasteiger partial charge in [0, 0.05) is 40.8 Å². The number of hydrogen-bond acceptors (Lipinski definition) is 10. The second kappa shape index (κ2) is 19.8. The van der Waals surface area contributed by atoms with Gasteiger partial charge in [-0.1, -0.05) is 13.8 Å². The van der Waals surface area contributed by atoms with Crippen LogP contribution in [0.1, 0.15) is 105 Å². The maximum Gasteiger partial charge on any atom is 0.408 e. The van der Waals surface area contributed by atoms with Crippen LogP contribution in [0.3, 0.4) is 0 Å².